The molecule has 104 valence electrons. The predicted octanol–water partition coefficient (Wildman–Crippen LogP) is -0.0382. The van der Waals surface area contributed by atoms with E-state index in [9.17, 15) is 26.8 Å². The lowest BCUT2D eigenvalue weighted by atomic mass is 9.90. The molecule has 1 aliphatic heterocycles. The monoisotopic (exact) mass is 288 g/mol. The Kier molecular flexibility index (Phi) is 3.38. The van der Waals surface area contributed by atoms with E-state index in [-0.39, 0.29) is 6.61 Å². The van der Waals surface area contributed by atoms with Gasteiger partial charge in [-0.2, -0.15) is 17.2 Å². The summed E-state index contributed by atoms with van der Waals surface area (Å²) < 4.78 is 63.2. The number of carbonyl (C=O) groups excluding carboxylic acids is 2. The van der Waals surface area contributed by atoms with Crippen molar-refractivity contribution in [2.75, 3.05) is 6.61 Å². The minimum absolute atomic E-state index is 0.165. The van der Waals surface area contributed by atoms with Crippen LogP contribution in [-0.4, -0.2) is 42.9 Å². The number of hydrogen-bond acceptors (Lipinski definition) is 6. The van der Waals surface area contributed by atoms with E-state index in [4.69, 9.17) is 4.55 Å². The molecule has 0 radical (unpaired) electrons. The Morgan fingerprint density at radius 1 is 1.56 bits per heavy atom. The molecular formula is C8H10F2O7S. The first-order valence-electron chi connectivity index (χ1n) is 4.62. The van der Waals surface area contributed by atoms with Crippen LogP contribution in [-0.2, 0) is 29.2 Å². The van der Waals surface area contributed by atoms with Gasteiger partial charge in [-0.1, -0.05) is 13.8 Å². The zero-order valence-corrected chi connectivity index (χ0v) is 10.2. The van der Waals surface area contributed by atoms with Crippen molar-refractivity contribution in [3.05, 3.63) is 0 Å². The first kappa shape index (κ1) is 14.8. The normalized spacial score (nSPS) is 23.6. The Morgan fingerprint density at radius 2 is 2.06 bits per heavy atom. The van der Waals surface area contributed by atoms with E-state index in [1.165, 1.54) is 13.8 Å². The summed E-state index contributed by atoms with van der Waals surface area (Å²) in [6, 6.07) is 0. The Hall–Kier alpha value is -1.29. The lowest BCUT2D eigenvalue weighted by Crippen LogP contribution is -2.44. The number of hydrogen-bond donors (Lipinski definition) is 1. The number of cyclic esters (lactones) is 1. The van der Waals surface area contributed by atoms with Crippen molar-refractivity contribution in [2.24, 2.45) is 5.41 Å². The van der Waals surface area contributed by atoms with Gasteiger partial charge in [0.2, 0.25) is 6.10 Å². The summed E-state index contributed by atoms with van der Waals surface area (Å²) in [5.41, 5.74) is -1.07. The fourth-order valence-corrected chi connectivity index (χ4v) is 1.47. The van der Waals surface area contributed by atoms with E-state index in [1.54, 1.807) is 0 Å². The number of carbonyl (C=O) groups is 2. The van der Waals surface area contributed by atoms with Crippen molar-refractivity contribution in [2.45, 2.75) is 25.2 Å². The zero-order valence-electron chi connectivity index (χ0n) is 9.35. The van der Waals surface area contributed by atoms with E-state index in [2.05, 4.69) is 9.47 Å². The van der Waals surface area contributed by atoms with Crippen LogP contribution in [0, 0.1) is 5.41 Å². The minimum atomic E-state index is -5.96. The molecule has 0 aromatic carbocycles. The molecule has 7 nitrogen and oxygen atoms in total. The van der Waals surface area contributed by atoms with Crippen molar-refractivity contribution < 1.29 is 40.8 Å². The summed E-state index contributed by atoms with van der Waals surface area (Å²) in [5.74, 6) is -3.58. The van der Waals surface area contributed by atoms with Gasteiger partial charge in [-0.25, -0.2) is 9.59 Å². The standard InChI is InChI=1S/C8H10F2O7S/c1-7(2)3-16-5(11)4(7)17-6(12)8(9,10)18(13,14)15/h4H,3H2,1-2H3,(H,13,14,15). The Morgan fingerprint density at radius 3 is 2.39 bits per heavy atom. The van der Waals surface area contributed by atoms with Crippen LogP contribution in [0.25, 0.3) is 0 Å². The highest BCUT2D eigenvalue weighted by Gasteiger charge is 2.57. The second-order valence-electron chi connectivity index (χ2n) is 4.37. The second-order valence-corrected chi connectivity index (χ2v) is 5.84. The van der Waals surface area contributed by atoms with E-state index in [0.717, 1.165) is 0 Å². The maximum atomic E-state index is 12.9. The topological polar surface area (TPSA) is 107 Å². The molecular weight excluding hydrogens is 278 g/mol. The molecule has 0 saturated carbocycles. The summed E-state index contributed by atoms with van der Waals surface area (Å²) in [7, 11) is -5.96. The minimum Gasteiger partial charge on any atom is -0.462 e. The largest absolute Gasteiger partial charge is 0.465 e. The van der Waals surface area contributed by atoms with Crippen LogP contribution >= 0.6 is 0 Å². The summed E-state index contributed by atoms with van der Waals surface area (Å²) in [6.45, 7) is 2.64. The fraction of sp³-hybridized carbons (Fsp3) is 0.750. The molecule has 0 amide bonds. The van der Waals surface area contributed by atoms with E-state index >= 15 is 0 Å². The smallest absolute Gasteiger partial charge is 0.462 e. The summed E-state index contributed by atoms with van der Waals surface area (Å²) in [6.07, 6.45) is -1.65. The highest BCUT2D eigenvalue weighted by Crippen LogP contribution is 2.33. The third-order valence-electron chi connectivity index (χ3n) is 2.30. The molecule has 0 aromatic rings. The van der Waals surface area contributed by atoms with Crippen LogP contribution < -0.4 is 0 Å². The third-order valence-corrected chi connectivity index (χ3v) is 3.11. The molecule has 0 bridgehead atoms. The summed E-state index contributed by atoms with van der Waals surface area (Å²) >= 11 is 0. The molecule has 1 aliphatic rings. The lowest BCUT2D eigenvalue weighted by Gasteiger charge is -2.22. The zero-order chi connectivity index (χ0) is 14.4. The Bertz CT molecular complexity index is 482. The van der Waals surface area contributed by atoms with Gasteiger partial charge in [-0.15, -0.1) is 0 Å². The van der Waals surface area contributed by atoms with Crippen LogP contribution in [0.4, 0.5) is 8.78 Å². The van der Waals surface area contributed by atoms with Gasteiger partial charge in [0.1, 0.15) is 6.61 Å². The van der Waals surface area contributed by atoms with Gasteiger partial charge in [0.15, 0.2) is 0 Å². The highest BCUT2D eigenvalue weighted by atomic mass is 32.2. The highest BCUT2D eigenvalue weighted by molar-refractivity contribution is 7.87. The molecule has 10 heteroatoms. The van der Waals surface area contributed by atoms with Crippen LogP contribution in [0.3, 0.4) is 0 Å². The quantitative estimate of drug-likeness (QED) is 0.573. The average molecular weight is 288 g/mol. The number of rotatable bonds is 3. The van der Waals surface area contributed by atoms with Crippen molar-refractivity contribution in [3.63, 3.8) is 0 Å². The predicted molar refractivity (Wildman–Crippen MR) is 51.1 cm³/mol. The first-order valence-corrected chi connectivity index (χ1v) is 6.06. The first-order chi connectivity index (χ1) is 7.89. The lowest BCUT2D eigenvalue weighted by molar-refractivity contribution is -0.175. The van der Waals surface area contributed by atoms with Crippen molar-refractivity contribution in [1.82, 2.24) is 0 Å². The number of alkyl halides is 2. The molecule has 0 aliphatic carbocycles. The molecule has 0 aromatic heterocycles. The van der Waals surface area contributed by atoms with Crippen LogP contribution in [0.5, 0.6) is 0 Å². The van der Waals surface area contributed by atoms with Gasteiger partial charge in [-0.05, 0) is 0 Å². The Balaban J connectivity index is 2.93. The number of halogens is 2. The SMILES string of the molecule is CC1(C)COC(=O)C1OC(=O)C(F)(F)S(=O)(=O)O. The van der Waals surface area contributed by atoms with Gasteiger partial charge >= 0.3 is 27.3 Å². The van der Waals surface area contributed by atoms with Gasteiger partial charge < -0.3 is 9.47 Å². The second kappa shape index (κ2) is 4.12. The molecule has 1 atom stereocenters. The summed E-state index contributed by atoms with van der Waals surface area (Å²) in [4.78, 5) is 22.1. The van der Waals surface area contributed by atoms with E-state index in [0.29, 0.717) is 0 Å². The van der Waals surface area contributed by atoms with E-state index < -0.39 is 38.8 Å². The fourth-order valence-electron chi connectivity index (χ4n) is 1.22. The molecule has 1 fully saturated rings. The number of esters is 2. The molecule has 1 rings (SSSR count). The molecule has 1 N–H and O–H groups in total. The summed E-state index contributed by atoms with van der Waals surface area (Å²) in [5, 5.41) is -5.13. The third kappa shape index (κ3) is 2.43. The average Bonchev–Trinajstić information content (AvgIpc) is 2.43. The molecule has 1 saturated heterocycles. The van der Waals surface area contributed by atoms with Gasteiger partial charge in [0.05, 0.1) is 0 Å². The van der Waals surface area contributed by atoms with Gasteiger partial charge in [-0.3, -0.25) is 4.55 Å². The Labute approximate surface area is 101 Å². The van der Waals surface area contributed by atoms with Crippen LogP contribution in [0.15, 0.2) is 0 Å². The van der Waals surface area contributed by atoms with E-state index in [1.807, 2.05) is 0 Å². The van der Waals surface area contributed by atoms with Gasteiger partial charge in [0.25, 0.3) is 0 Å². The molecule has 0 spiro atoms. The van der Waals surface area contributed by atoms with Crippen molar-refractivity contribution in [1.29, 1.82) is 0 Å². The maximum absolute atomic E-state index is 12.9. The van der Waals surface area contributed by atoms with Crippen molar-refractivity contribution >= 4 is 22.1 Å². The maximum Gasteiger partial charge on any atom is 0.465 e. The van der Waals surface area contributed by atoms with Gasteiger partial charge in [0, 0.05) is 5.41 Å². The molecule has 18 heavy (non-hydrogen) atoms. The van der Waals surface area contributed by atoms with Crippen LogP contribution in [0.2, 0.25) is 0 Å². The van der Waals surface area contributed by atoms with Crippen LogP contribution in [0.1, 0.15) is 13.8 Å². The molecule has 1 heterocycles. The molecule has 1 unspecified atom stereocenters. The number of ether oxygens (including phenoxy) is 2. The van der Waals surface area contributed by atoms with Crippen molar-refractivity contribution in [3.8, 4) is 0 Å².